The van der Waals surface area contributed by atoms with E-state index in [1.807, 2.05) is 101 Å². The molecule has 1 fully saturated rings. The Kier molecular flexibility index (Phi) is 29.7. The Labute approximate surface area is 649 Å². The second-order valence-corrected chi connectivity index (χ2v) is 25.8. The van der Waals surface area contributed by atoms with Crippen LogP contribution in [0.15, 0.2) is 185 Å². The van der Waals surface area contributed by atoms with Crippen LogP contribution in [0.1, 0.15) is 120 Å². The van der Waals surface area contributed by atoms with Crippen molar-refractivity contribution >= 4 is 24.5 Å². The summed E-state index contributed by atoms with van der Waals surface area (Å²) in [6.07, 6.45) is 24.6. The van der Waals surface area contributed by atoms with Crippen LogP contribution in [0, 0.1) is 13.8 Å². The van der Waals surface area contributed by atoms with Crippen LogP contribution in [0.25, 0.3) is 63.8 Å². The third-order valence-electron chi connectivity index (χ3n) is 17.6. The molecule has 13 heterocycles. The number of hydrogen-bond acceptors (Lipinski definition) is 21. The summed E-state index contributed by atoms with van der Waals surface area (Å²) in [6.45, 7) is 29.0. The van der Waals surface area contributed by atoms with Gasteiger partial charge in [-0.1, -0.05) is 69.5 Å². The number of carbonyl (C=O) groups excluding carboxylic acids is 1. The molecule has 582 valence electrons. The summed E-state index contributed by atoms with van der Waals surface area (Å²) < 4.78 is 84.1. The number of pyridine rings is 8. The Morgan fingerprint density at radius 1 is 0.536 bits per heavy atom. The number of aldehydes is 1. The van der Waals surface area contributed by atoms with Crippen molar-refractivity contribution in [1.29, 1.82) is 0 Å². The van der Waals surface area contributed by atoms with Gasteiger partial charge in [0.2, 0.25) is 17.6 Å². The lowest BCUT2D eigenvalue weighted by Gasteiger charge is -2.26. The molecule has 0 aliphatic carbocycles. The molecule has 12 aromatic heterocycles. The molecule has 0 radical (unpaired) electrons. The van der Waals surface area contributed by atoms with Crippen LogP contribution in [0.2, 0.25) is 0 Å². The minimum absolute atomic E-state index is 0.129. The van der Waals surface area contributed by atoms with Gasteiger partial charge in [-0.3, -0.25) is 48.4 Å². The summed E-state index contributed by atoms with van der Waals surface area (Å²) in [7, 11) is 3.09. The Morgan fingerprint density at radius 3 is 1.62 bits per heavy atom. The zero-order valence-electron chi connectivity index (χ0n) is 64.2. The van der Waals surface area contributed by atoms with Crippen molar-refractivity contribution in [3.8, 4) is 86.2 Å². The molecule has 1 aliphatic heterocycles. The highest BCUT2D eigenvalue weighted by Gasteiger charge is 2.29. The number of aromatic nitrogens is 16. The molecule has 28 heteroatoms. The zero-order chi connectivity index (χ0) is 79.4. The van der Waals surface area contributed by atoms with E-state index < -0.39 is 12.7 Å². The van der Waals surface area contributed by atoms with Crippen LogP contribution in [-0.2, 0) is 46.1 Å². The predicted octanol–water partition coefficient (Wildman–Crippen LogP) is 16.5. The van der Waals surface area contributed by atoms with Gasteiger partial charge in [-0.25, -0.2) is 19.9 Å². The summed E-state index contributed by atoms with van der Waals surface area (Å²) in [5.74, 6) is 3.67. The Bertz CT molecular complexity index is 5070. The molecule has 0 aromatic carbocycles. The number of nitrogens with zero attached hydrogens (tertiary/aromatic N) is 17. The van der Waals surface area contributed by atoms with Crippen molar-refractivity contribution in [1.82, 2.24) is 83.9 Å². The largest absolute Gasteiger partial charge is 0.487 e. The molecular formula is C84H92F3N17O8. The molecule has 0 N–H and O–H groups in total. The van der Waals surface area contributed by atoms with Gasteiger partial charge in [0, 0.05) is 126 Å². The van der Waals surface area contributed by atoms with E-state index in [9.17, 15) is 18.0 Å². The first-order valence-corrected chi connectivity index (χ1v) is 36.6. The molecule has 1 saturated heterocycles. The van der Waals surface area contributed by atoms with Crippen LogP contribution in [0.4, 0.5) is 13.2 Å². The minimum atomic E-state index is -4.35. The number of rotatable bonds is 31. The topological polar surface area (TPSA) is 259 Å². The third-order valence-corrected chi connectivity index (χ3v) is 17.6. The van der Waals surface area contributed by atoms with Crippen LogP contribution in [0.3, 0.4) is 0 Å². The lowest BCUT2D eigenvalue weighted by atomic mass is 10.1. The first kappa shape index (κ1) is 81.8. The number of alkyl halides is 3. The van der Waals surface area contributed by atoms with Gasteiger partial charge in [0.05, 0.1) is 84.4 Å². The summed E-state index contributed by atoms with van der Waals surface area (Å²) >= 11 is 0. The maximum atomic E-state index is 12.5. The Balaban J connectivity index is 0.000000159. The molecule has 25 nitrogen and oxygen atoms in total. The van der Waals surface area contributed by atoms with Crippen molar-refractivity contribution in [2.24, 2.45) is 0 Å². The van der Waals surface area contributed by atoms with Gasteiger partial charge in [0.1, 0.15) is 74.0 Å². The third kappa shape index (κ3) is 22.3. The first-order valence-electron chi connectivity index (χ1n) is 36.6. The van der Waals surface area contributed by atoms with Gasteiger partial charge in [-0.15, -0.1) is 0 Å². The fourth-order valence-electron chi connectivity index (χ4n) is 12.1. The van der Waals surface area contributed by atoms with Gasteiger partial charge in [0.15, 0.2) is 6.29 Å². The van der Waals surface area contributed by atoms with Gasteiger partial charge < -0.3 is 33.2 Å². The second-order valence-electron chi connectivity index (χ2n) is 25.8. The summed E-state index contributed by atoms with van der Waals surface area (Å²) in [6, 6.07) is 29.8. The average molecular weight is 1520 g/mol. The van der Waals surface area contributed by atoms with E-state index in [1.54, 1.807) is 99.0 Å². The fourth-order valence-corrected chi connectivity index (χ4v) is 12.1. The summed E-state index contributed by atoms with van der Waals surface area (Å²) in [5.41, 5.74) is 14.6. The van der Waals surface area contributed by atoms with E-state index in [0.29, 0.717) is 82.8 Å². The molecule has 0 saturated carbocycles. The molecule has 0 atom stereocenters. The van der Waals surface area contributed by atoms with E-state index in [-0.39, 0.29) is 19.3 Å². The van der Waals surface area contributed by atoms with Crippen molar-refractivity contribution in [2.75, 3.05) is 40.5 Å². The van der Waals surface area contributed by atoms with Crippen LogP contribution >= 0.6 is 0 Å². The van der Waals surface area contributed by atoms with Gasteiger partial charge in [-0.05, 0) is 133 Å². The Morgan fingerprint density at radius 2 is 1.06 bits per heavy atom. The van der Waals surface area contributed by atoms with Crippen LogP contribution < -0.4 is 33.2 Å². The van der Waals surface area contributed by atoms with Crippen molar-refractivity contribution in [3.63, 3.8) is 0 Å². The quantitative estimate of drug-likeness (QED) is 0.0366. The average Bonchev–Trinajstić information content (AvgIpc) is 1.64. The van der Waals surface area contributed by atoms with E-state index in [2.05, 4.69) is 113 Å². The molecule has 0 amide bonds. The summed E-state index contributed by atoms with van der Waals surface area (Å²) in [4.78, 5) is 49.1. The first-order chi connectivity index (χ1) is 54.4. The molecule has 0 bridgehead atoms. The fraction of sp³-hybridized carbons (Fsp3) is 0.298. The molecule has 112 heavy (non-hydrogen) atoms. The molecule has 0 spiro atoms. The standard InChI is InChI=1S/C25H31N5O3.C20H22N4O2.C20H22N4O.C19H17F3N4O2/c1-19(2)30-22(8-10-28-30)25-20(7-6-9-26-25)18-33-23-16-27-24(15-21(23)17-31)32-14-13-29-11-4-3-5-12-29;1-5-15-10-18(25-4)22-12-17(15)26-13-16-8-7-9-21-19(16)20-14(3)11-23-24(20)6-2;1-4-13-24-18(10-12-22-24)20-16(7-6-11-21-20)14-25-19-9-8-15(3)23-17(19)5-2;1-3-13-9-17(27-2)24-10-16(13)28-11-14-5-4-7-23-18(14)15-6-8-26(25-15)12-19(20,21)22/h6-10,15-17,19H,3-5,11-14,18H2,1-2H3;5,7-12H,1,6,13H2,2-4H3;5-12H,2,4,13-14H2,1,3H3;3-10H,1,11-12H2,2H3. The van der Waals surface area contributed by atoms with E-state index in [1.165, 1.54) is 44.8 Å². The number of halogens is 3. The van der Waals surface area contributed by atoms with Crippen LogP contribution in [-0.4, -0.2) is 137 Å². The second kappa shape index (κ2) is 40.6. The Hall–Kier alpha value is -12.7. The van der Waals surface area contributed by atoms with Gasteiger partial charge >= 0.3 is 6.18 Å². The van der Waals surface area contributed by atoms with Gasteiger partial charge in [0.25, 0.3) is 0 Å². The van der Waals surface area contributed by atoms with E-state index in [0.717, 1.165) is 129 Å². The van der Waals surface area contributed by atoms with E-state index >= 15 is 0 Å². The van der Waals surface area contributed by atoms with Gasteiger partial charge in [-0.2, -0.15) is 33.6 Å². The zero-order valence-corrected chi connectivity index (χ0v) is 64.2. The number of hydrogen-bond donors (Lipinski definition) is 0. The van der Waals surface area contributed by atoms with Crippen molar-refractivity contribution < 1.29 is 51.1 Å². The lowest BCUT2D eigenvalue weighted by Crippen LogP contribution is -2.33. The van der Waals surface area contributed by atoms with E-state index in [4.69, 9.17) is 33.2 Å². The SMILES string of the molecule is C=Cc1cc(OC)ncc1OCc1cccnc1-c1c(C)cnn1CC.C=Cc1cc(OC)ncc1OCc1cccnc1-c1ccn(CC(F)(F)F)n1.C=Cc1nc(C)ccc1OCc1cccnc1-c1ccnn1CCC.CC(C)n1nccc1-c1ncccc1COc1cnc(OCCN2CCCCC2)cc1C=O. The number of piperidine rings is 1. The highest BCUT2D eigenvalue weighted by molar-refractivity contribution is 5.79. The molecular weight excluding hydrogens is 1430 g/mol. The molecule has 13 rings (SSSR count). The molecule has 12 aromatic rings. The minimum Gasteiger partial charge on any atom is -0.487 e. The smallest absolute Gasteiger partial charge is 0.408 e. The van der Waals surface area contributed by atoms with Crippen molar-refractivity contribution in [2.45, 2.75) is 126 Å². The highest BCUT2D eigenvalue weighted by Crippen LogP contribution is 2.33. The number of ether oxygens (including phenoxy) is 7. The maximum Gasteiger partial charge on any atom is 0.408 e. The summed E-state index contributed by atoms with van der Waals surface area (Å²) in [5, 5.41) is 17.2. The molecule has 0 unspecified atom stereocenters. The molecule has 1 aliphatic rings. The van der Waals surface area contributed by atoms with Crippen molar-refractivity contribution in [3.05, 3.63) is 241 Å². The predicted molar refractivity (Wildman–Crippen MR) is 423 cm³/mol. The number of methoxy groups -OCH3 is 2. The number of likely N-dealkylation sites (tertiary alicyclic amines) is 1. The maximum absolute atomic E-state index is 12.5. The lowest BCUT2D eigenvalue weighted by molar-refractivity contribution is -0.142. The monoisotopic (exact) mass is 1520 g/mol. The highest BCUT2D eigenvalue weighted by atomic mass is 19.4. The number of aryl methyl sites for hydroxylation is 4. The normalized spacial score (nSPS) is 11.9. The van der Waals surface area contributed by atoms with Crippen LogP contribution in [0.5, 0.6) is 40.6 Å². The number of carbonyl (C=O) groups is 1.